The van der Waals surface area contributed by atoms with E-state index in [1.54, 1.807) is 29.1 Å². The molecule has 118 valence electrons. The van der Waals surface area contributed by atoms with Gasteiger partial charge in [-0.1, -0.05) is 11.6 Å². The monoisotopic (exact) mass is 329 g/mol. The Morgan fingerprint density at radius 3 is 2.74 bits per heavy atom. The molecule has 0 aliphatic rings. The van der Waals surface area contributed by atoms with Crippen molar-refractivity contribution in [2.24, 2.45) is 0 Å². The van der Waals surface area contributed by atoms with Crippen LogP contribution in [0.5, 0.6) is 0 Å². The van der Waals surface area contributed by atoms with Gasteiger partial charge in [-0.25, -0.2) is 14.6 Å². The van der Waals surface area contributed by atoms with Gasteiger partial charge in [-0.2, -0.15) is 5.10 Å². The quantitative estimate of drug-likeness (QED) is 0.796. The van der Waals surface area contributed by atoms with E-state index in [-0.39, 0.29) is 11.9 Å². The minimum absolute atomic E-state index is 0.163. The van der Waals surface area contributed by atoms with Crippen LogP contribution in [0, 0.1) is 6.92 Å². The van der Waals surface area contributed by atoms with E-state index in [4.69, 9.17) is 11.6 Å². The summed E-state index contributed by atoms with van der Waals surface area (Å²) in [6.07, 6.45) is 3.16. The van der Waals surface area contributed by atoms with Crippen molar-refractivity contribution in [3.05, 3.63) is 46.9 Å². The molecular formula is C16H16ClN5O. The van der Waals surface area contributed by atoms with Gasteiger partial charge in [0.1, 0.15) is 5.82 Å². The van der Waals surface area contributed by atoms with E-state index in [9.17, 15) is 4.79 Å². The number of nitrogens with zero attached hydrogens (tertiary/aromatic N) is 4. The predicted octanol–water partition coefficient (Wildman–Crippen LogP) is 3.62. The molecule has 1 N–H and O–H groups in total. The van der Waals surface area contributed by atoms with Crippen LogP contribution < -0.4 is 5.32 Å². The lowest BCUT2D eigenvalue weighted by Crippen LogP contribution is -2.14. The van der Waals surface area contributed by atoms with Gasteiger partial charge in [0.25, 0.3) is 5.91 Å². The highest BCUT2D eigenvalue weighted by molar-refractivity contribution is 6.30. The number of anilines is 1. The second kappa shape index (κ2) is 5.96. The summed E-state index contributed by atoms with van der Waals surface area (Å²) in [5, 5.41) is 8.34. The zero-order valence-electron chi connectivity index (χ0n) is 13.0. The Labute approximate surface area is 138 Å². The third kappa shape index (κ3) is 3.03. The van der Waals surface area contributed by atoms with Crippen LogP contribution in [-0.4, -0.2) is 25.7 Å². The van der Waals surface area contributed by atoms with Gasteiger partial charge in [0.15, 0.2) is 5.65 Å². The molecule has 3 rings (SSSR count). The molecule has 0 radical (unpaired) electrons. The molecule has 6 nitrogen and oxygen atoms in total. The van der Waals surface area contributed by atoms with Crippen LogP contribution in [0.15, 0.2) is 30.6 Å². The largest absolute Gasteiger partial charge is 0.307 e. The smallest absolute Gasteiger partial charge is 0.257 e. The molecule has 0 saturated heterocycles. The first-order chi connectivity index (χ1) is 11.0. The molecule has 0 aliphatic heterocycles. The topological polar surface area (TPSA) is 72.7 Å². The summed E-state index contributed by atoms with van der Waals surface area (Å²) in [6.45, 7) is 5.90. The Morgan fingerprint density at radius 1 is 1.30 bits per heavy atom. The number of hydrogen-bond donors (Lipinski definition) is 1. The van der Waals surface area contributed by atoms with Gasteiger partial charge in [-0.15, -0.1) is 0 Å². The summed E-state index contributed by atoms with van der Waals surface area (Å²) in [5.41, 5.74) is 1.99. The summed E-state index contributed by atoms with van der Waals surface area (Å²) < 4.78 is 1.81. The molecular weight excluding hydrogens is 314 g/mol. The predicted molar refractivity (Wildman–Crippen MR) is 89.9 cm³/mol. The van der Waals surface area contributed by atoms with Crippen LogP contribution >= 0.6 is 11.6 Å². The van der Waals surface area contributed by atoms with Crippen molar-refractivity contribution in [3.8, 4) is 0 Å². The van der Waals surface area contributed by atoms with Gasteiger partial charge in [0, 0.05) is 17.9 Å². The third-order valence-electron chi connectivity index (χ3n) is 3.40. The van der Waals surface area contributed by atoms with Crippen LogP contribution in [0.1, 0.15) is 35.9 Å². The molecule has 3 heterocycles. The highest BCUT2D eigenvalue weighted by atomic mass is 35.5. The van der Waals surface area contributed by atoms with E-state index in [0.29, 0.717) is 22.1 Å². The first-order valence-electron chi connectivity index (χ1n) is 7.23. The average Bonchev–Trinajstić information content (AvgIpc) is 2.92. The molecule has 0 aliphatic carbocycles. The van der Waals surface area contributed by atoms with Crippen molar-refractivity contribution in [1.29, 1.82) is 0 Å². The maximum Gasteiger partial charge on any atom is 0.257 e. The number of amides is 1. The maximum absolute atomic E-state index is 12.6. The number of rotatable bonds is 3. The number of carbonyl (C=O) groups excluding carboxylic acids is 1. The van der Waals surface area contributed by atoms with Crippen LogP contribution in [-0.2, 0) is 0 Å². The molecule has 0 atom stereocenters. The zero-order valence-corrected chi connectivity index (χ0v) is 13.8. The lowest BCUT2D eigenvalue weighted by Gasteiger charge is -2.09. The average molecular weight is 330 g/mol. The number of halogens is 1. The van der Waals surface area contributed by atoms with E-state index in [0.717, 1.165) is 11.1 Å². The van der Waals surface area contributed by atoms with Gasteiger partial charge in [-0.3, -0.25) is 4.79 Å². The van der Waals surface area contributed by atoms with Gasteiger partial charge in [-0.05, 0) is 39.0 Å². The van der Waals surface area contributed by atoms with E-state index in [2.05, 4.69) is 20.4 Å². The molecule has 23 heavy (non-hydrogen) atoms. The maximum atomic E-state index is 12.6. The number of fused-ring (bicyclic) bond motifs is 1. The number of hydrogen-bond acceptors (Lipinski definition) is 4. The minimum Gasteiger partial charge on any atom is -0.307 e. The van der Waals surface area contributed by atoms with Crippen LogP contribution in [0.2, 0.25) is 5.02 Å². The van der Waals surface area contributed by atoms with Crippen molar-refractivity contribution < 1.29 is 4.79 Å². The number of nitrogens with one attached hydrogen (secondary N) is 1. The van der Waals surface area contributed by atoms with Crippen LogP contribution in [0.4, 0.5) is 5.82 Å². The van der Waals surface area contributed by atoms with Crippen molar-refractivity contribution in [2.45, 2.75) is 26.8 Å². The number of carbonyl (C=O) groups is 1. The van der Waals surface area contributed by atoms with E-state index < -0.39 is 0 Å². The van der Waals surface area contributed by atoms with E-state index in [1.165, 1.54) is 6.20 Å². The van der Waals surface area contributed by atoms with Gasteiger partial charge < -0.3 is 5.32 Å². The Bertz CT molecular complexity index is 870. The number of pyridine rings is 2. The standard InChI is InChI=1S/C16H16ClN5O/c1-9(2)22-15-13(8-19-22)12(6-10(3)20-15)16(23)21-14-5-4-11(17)7-18-14/h4-9H,1-3H3,(H,18,21,23). The van der Waals surface area contributed by atoms with Gasteiger partial charge >= 0.3 is 0 Å². The van der Waals surface area contributed by atoms with Crippen LogP contribution in [0.25, 0.3) is 11.0 Å². The first kappa shape index (κ1) is 15.4. The van der Waals surface area contributed by atoms with Crippen LogP contribution in [0.3, 0.4) is 0 Å². The molecule has 0 unspecified atom stereocenters. The Morgan fingerprint density at radius 2 is 2.09 bits per heavy atom. The molecule has 0 saturated carbocycles. The van der Waals surface area contributed by atoms with Gasteiger partial charge in [0.05, 0.1) is 22.2 Å². The molecule has 1 amide bonds. The van der Waals surface area contributed by atoms with Crippen molar-refractivity contribution >= 4 is 34.4 Å². The lowest BCUT2D eigenvalue weighted by atomic mass is 10.1. The molecule has 0 fully saturated rings. The fourth-order valence-electron chi connectivity index (χ4n) is 2.34. The second-order valence-electron chi connectivity index (χ2n) is 5.55. The Hall–Kier alpha value is -2.47. The van der Waals surface area contributed by atoms with Crippen molar-refractivity contribution in [3.63, 3.8) is 0 Å². The highest BCUT2D eigenvalue weighted by Gasteiger charge is 2.17. The zero-order chi connectivity index (χ0) is 16.6. The lowest BCUT2D eigenvalue weighted by molar-refractivity contribution is 0.102. The summed E-state index contributed by atoms with van der Waals surface area (Å²) in [7, 11) is 0. The normalized spacial score (nSPS) is 11.2. The fourth-order valence-corrected chi connectivity index (χ4v) is 2.45. The number of aryl methyl sites for hydroxylation is 1. The molecule has 3 aromatic heterocycles. The summed E-state index contributed by atoms with van der Waals surface area (Å²) >= 11 is 5.80. The molecule has 0 bridgehead atoms. The first-order valence-corrected chi connectivity index (χ1v) is 7.61. The third-order valence-corrected chi connectivity index (χ3v) is 3.62. The molecule has 0 spiro atoms. The second-order valence-corrected chi connectivity index (χ2v) is 5.98. The summed E-state index contributed by atoms with van der Waals surface area (Å²) in [5.74, 6) is 0.192. The van der Waals surface area contributed by atoms with E-state index >= 15 is 0 Å². The highest BCUT2D eigenvalue weighted by Crippen LogP contribution is 2.22. The molecule has 7 heteroatoms. The fraction of sp³-hybridized carbons (Fsp3) is 0.250. The molecule has 3 aromatic rings. The van der Waals surface area contributed by atoms with Crippen molar-refractivity contribution in [1.82, 2.24) is 19.7 Å². The summed E-state index contributed by atoms with van der Waals surface area (Å²) in [6, 6.07) is 5.24. The van der Waals surface area contributed by atoms with Crippen molar-refractivity contribution in [2.75, 3.05) is 5.32 Å². The Balaban J connectivity index is 2.01. The summed E-state index contributed by atoms with van der Waals surface area (Å²) in [4.78, 5) is 21.2. The minimum atomic E-state index is -0.251. The van der Waals surface area contributed by atoms with E-state index in [1.807, 2.05) is 20.8 Å². The Kier molecular flexibility index (Phi) is 4.00. The molecule has 0 aromatic carbocycles. The number of aromatic nitrogens is 4. The van der Waals surface area contributed by atoms with Gasteiger partial charge in [0.2, 0.25) is 0 Å². The SMILES string of the molecule is Cc1cc(C(=O)Nc2ccc(Cl)cn2)c2cnn(C(C)C)c2n1.